The summed E-state index contributed by atoms with van der Waals surface area (Å²) in [5.41, 5.74) is 1.69. The molecule has 0 bridgehead atoms. The van der Waals surface area contributed by atoms with E-state index >= 15 is 0 Å². The Morgan fingerprint density at radius 1 is 1.40 bits per heavy atom. The molecular formula is C11H16O4. The van der Waals surface area contributed by atoms with Crippen LogP contribution in [-0.4, -0.2) is 22.1 Å². The van der Waals surface area contributed by atoms with E-state index in [0.717, 1.165) is 0 Å². The number of aliphatic hydroxyl groups excluding tert-OH is 2. The van der Waals surface area contributed by atoms with Crippen molar-refractivity contribution in [2.75, 3.05) is 0 Å². The molecule has 0 saturated carbocycles. The van der Waals surface area contributed by atoms with Gasteiger partial charge in [-0.05, 0) is 25.0 Å². The van der Waals surface area contributed by atoms with Gasteiger partial charge in [0.05, 0.1) is 12.7 Å². The minimum absolute atomic E-state index is 0.0703. The van der Waals surface area contributed by atoms with Crippen molar-refractivity contribution in [2.24, 2.45) is 0 Å². The number of rotatable bonds is 2. The first kappa shape index (κ1) is 13.6. The van der Waals surface area contributed by atoms with Gasteiger partial charge in [-0.1, -0.05) is 12.1 Å². The highest BCUT2D eigenvalue weighted by Gasteiger charge is 2.12. The van der Waals surface area contributed by atoms with E-state index in [1.807, 2.05) is 6.79 Å². The molecule has 84 valence electrons. The van der Waals surface area contributed by atoms with Crippen LogP contribution in [0.4, 0.5) is 0 Å². The third kappa shape index (κ3) is 3.04. The Labute approximate surface area is 88.8 Å². The second-order valence-corrected chi connectivity index (χ2v) is 3.13. The van der Waals surface area contributed by atoms with E-state index in [2.05, 4.69) is 0 Å². The molecule has 3 N–H and O–H groups in total. The number of benzene rings is 1. The monoisotopic (exact) mass is 212 g/mol. The summed E-state index contributed by atoms with van der Waals surface area (Å²) in [6.07, 6.45) is -0.673. The molecule has 1 aromatic rings. The number of aliphatic hydroxyl groups is 2. The summed E-state index contributed by atoms with van der Waals surface area (Å²) in [5.74, 6) is 0.0703. The minimum Gasteiger partial charge on any atom is -0.507 e. The Morgan fingerprint density at radius 2 is 1.93 bits per heavy atom. The van der Waals surface area contributed by atoms with E-state index in [1.165, 1.54) is 0 Å². The Balaban J connectivity index is 0.000000921. The van der Waals surface area contributed by atoms with E-state index in [1.54, 1.807) is 26.0 Å². The van der Waals surface area contributed by atoms with Crippen molar-refractivity contribution >= 4 is 6.79 Å². The number of aromatic hydroxyl groups is 1. The van der Waals surface area contributed by atoms with Gasteiger partial charge in [0.2, 0.25) is 0 Å². The lowest BCUT2D eigenvalue weighted by molar-refractivity contribution is -0.0979. The summed E-state index contributed by atoms with van der Waals surface area (Å²) in [6.45, 7) is 5.09. The van der Waals surface area contributed by atoms with E-state index in [4.69, 9.17) is 9.90 Å². The smallest absolute Gasteiger partial charge is 0.124 e. The molecule has 4 nitrogen and oxygen atoms in total. The molecule has 1 unspecified atom stereocenters. The van der Waals surface area contributed by atoms with Crippen LogP contribution >= 0.6 is 0 Å². The molecule has 0 aromatic heterocycles. The van der Waals surface area contributed by atoms with Crippen LogP contribution in [-0.2, 0) is 11.4 Å². The van der Waals surface area contributed by atoms with Crippen LogP contribution in [0.2, 0.25) is 0 Å². The molecule has 0 fully saturated rings. The average Bonchev–Trinajstić information content (AvgIpc) is 2.24. The largest absolute Gasteiger partial charge is 0.507 e. The standard InChI is InChI=1S/C10H14O3.CH2O/c1-6-3-4-8(7(2)12)9(5-11)10(6)13;1-2/h3-4,7,11-13H,5H2,1-2H3;1H2. The topological polar surface area (TPSA) is 77.8 Å². The summed E-state index contributed by atoms with van der Waals surface area (Å²) in [4.78, 5) is 8.00. The van der Waals surface area contributed by atoms with Crippen molar-refractivity contribution in [3.05, 3.63) is 28.8 Å². The first-order valence-electron chi connectivity index (χ1n) is 4.47. The Kier molecular flexibility index (Phi) is 5.59. The maximum atomic E-state index is 9.56. The quantitative estimate of drug-likeness (QED) is 0.685. The van der Waals surface area contributed by atoms with Crippen LogP contribution in [0.3, 0.4) is 0 Å². The summed E-state index contributed by atoms with van der Waals surface area (Å²) >= 11 is 0. The van der Waals surface area contributed by atoms with E-state index in [9.17, 15) is 10.2 Å². The van der Waals surface area contributed by atoms with Crippen molar-refractivity contribution in [1.29, 1.82) is 0 Å². The fourth-order valence-corrected chi connectivity index (χ4v) is 1.33. The highest BCUT2D eigenvalue weighted by molar-refractivity contribution is 5.45. The third-order valence-corrected chi connectivity index (χ3v) is 2.13. The number of carbonyl (C=O) groups is 1. The van der Waals surface area contributed by atoms with Gasteiger partial charge in [0.15, 0.2) is 0 Å². The maximum Gasteiger partial charge on any atom is 0.124 e. The Morgan fingerprint density at radius 3 is 2.33 bits per heavy atom. The highest BCUT2D eigenvalue weighted by Crippen LogP contribution is 2.29. The van der Waals surface area contributed by atoms with Crippen molar-refractivity contribution in [1.82, 2.24) is 0 Å². The maximum absolute atomic E-state index is 9.56. The minimum atomic E-state index is -0.673. The molecular weight excluding hydrogens is 196 g/mol. The van der Waals surface area contributed by atoms with Gasteiger partial charge in [-0.3, -0.25) is 0 Å². The molecule has 1 atom stereocenters. The molecule has 0 aliphatic carbocycles. The van der Waals surface area contributed by atoms with Gasteiger partial charge in [0.1, 0.15) is 12.5 Å². The Bertz CT molecular complexity index is 321. The van der Waals surface area contributed by atoms with Crippen LogP contribution in [0.1, 0.15) is 29.7 Å². The number of phenols is 1. The van der Waals surface area contributed by atoms with Gasteiger partial charge in [-0.25, -0.2) is 0 Å². The highest BCUT2D eigenvalue weighted by atomic mass is 16.3. The molecule has 0 saturated heterocycles. The molecule has 0 amide bonds. The molecule has 0 aliphatic rings. The third-order valence-electron chi connectivity index (χ3n) is 2.13. The first-order chi connectivity index (χ1) is 7.07. The van der Waals surface area contributed by atoms with Gasteiger partial charge in [-0.15, -0.1) is 0 Å². The second kappa shape index (κ2) is 6.16. The molecule has 0 aliphatic heterocycles. The van der Waals surface area contributed by atoms with E-state index < -0.39 is 6.10 Å². The van der Waals surface area contributed by atoms with Crippen LogP contribution in [0, 0.1) is 6.92 Å². The van der Waals surface area contributed by atoms with Crippen molar-refractivity contribution in [3.63, 3.8) is 0 Å². The predicted molar refractivity (Wildman–Crippen MR) is 56.5 cm³/mol. The number of hydrogen-bond donors (Lipinski definition) is 3. The zero-order valence-corrected chi connectivity index (χ0v) is 8.90. The molecule has 0 heterocycles. The van der Waals surface area contributed by atoms with Gasteiger partial charge in [0, 0.05) is 5.56 Å². The van der Waals surface area contributed by atoms with Gasteiger partial charge in [0.25, 0.3) is 0 Å². The fourth-order valence-electron chi connectivity index (χ4n) is 1.33. The first-order valence-corrected chi connectivity index (χ1v) is 4.47. The van der Waals surface area contributed by atoms with Crippen molar-refractivity contribution in [2.45, 2.75) is 26.6 Å². The van der Waals surface area contributed by atoms with Gasteiger partial charge >= 0.3 is 0 Å². The predicted octanol–water partition coefficient (Wildman–Crippen LogP) is 1.06. The van der Waals surface area contributed by atoms with Crippen LogP contribution in [0.5, 0.6) is 5.75 Å². The molecule has 0 radical (unpaired) electrons. The molecule has 0 spiro atoms. The molecule has 4 heteroatoms. The summed E-state index contributed by atoms with van der Waals surface area (Å²) in [5, 5.41) is 27.9. The second-order valence-electron chi connectivity index (χ2n) is 3.13. The lowest BCUT2D eigenvalue weighted by Crippen LogP contribution is -1.99. The molecule has 1 rings (SSSR count). The normalized spacial score (nSPS) is 11.5. The van der Waals surface area contributed by atoms with Crippen LogP contribution in [0.15, 0.2) is 12.1 Å². The van der Waals surface area contributed by atoms with Crippen LogP contribution in [0.25, 0.3) is 0 Å². The summed E-state index contributed by atoms with van der Waals surface area (Å²) in [6, 6.07) is 3.43. The SMILES string of the molecule is C=O.Cc1ccc(C(C)O)c(CO)c1O. The lowest BCUT2D eigenvalue weighted by Gasteiger charge is -2.13. The summed E-state index contributed by atoms with van der Waals surface area (Å²) < 4.78 is 0. The number of aryl methyl sites for hydroxylation is 1. The van der Waals surface area contributed by atoms with Gasteiger partial charge in [-0.2, -0.15) is 0 Å². The molecule has 15 heavy (non-hydrogen) atoms. The molecule has 1 aromatic carbocycles. The zero-order valence-electron chi connectivity index (χ0n) is 8.90. The average molecular weight is 212 g/mol. The zero-order chi connectivity index (χ0) is 12.0. The Hall–Kier alpha value is -1.39. The van der Waals surface area contributed by atoms with Crippen molar-refractivity contribution < 1.29 is 20.1 Å². The lowest BCUT2D eigenvalue weighted by atomic mass is 10.00. The van der Waals surface area contributed by atoms with Crippen LogP contribution < -0.4 is 0 Å². The number of carbonyl (C=O) groups excluding carboxylic acids is 1. The van der Waals surface area contributed by atoms with E-state index in [0.29, 0.717) is 16.7 Å². The van der Waals surface area contributed by atoms with E-state index in [-0.39, 0.29) is 12.4 Å². The van der Waals surface area contributed by atoms with Crippen molar-refractivity contribution in [3.8, 4) is 5.75 Å². The van der Waals surface area contributed by atoms with Gasteiger partial charge < -0.3 is 20.1 Å². The number of hydrogen-bond acceptors (Lipinski definition) is 4. The summed E-state index contributed by atoms with van der Waals surface area (Å²) in [7, 11) is 0. The fraction of sp³-hybridized carbons (Fsp3) is 0.364.